The first-order valence-corrected chi connectivity index (χ1v) is 7.17. The van der Waals surface area contributed by atoms with Crippen LogP contribution in [0.5, 0.6) is 0 Å². The Balaban J connectivity index is 2.38. The summed E-state index contributed by atoms with van der Waals surface area (Å²) in [5.74, 6) is -0.171. The minimum atomic E-state index is -0.256. The molecule has 1 heterocycles. The summed E-state index contributed by atoms with van der Waals surface area (Å²) in [6.45, 7) is 10.2. The fourth-order valence-corrected chi connectivity index (χ4v) is 3.19. The molecule has 20 heavy (non-hydrogen) atoms. The first-order valence-electron chi connectivity index (χ1n) is 7.17. The molecular formula is C16H25FN2O. The minimum absolute atomic E-state index is 0.171. The van der Waals surface area contributed by atoms with Crippen LogP contribution in [0.15, 0.2) is 18.2 Å². The van der Waals surface area contributed by atoms with E-state index in [4.69, 9.17) is 10.5 Å². The highest BCUT2D eigenvalue weighted by Gasteiger charge is 2.38. The van der Waals surface area contributed by atoms with Crippen LogP contribution in [0.4, 0.5) is 10.1 Å². The van der Waals surface area contributed by atoms with E-state index in [1.807, 2.05) is 6.07 Å². The Morgan fingerprint density at radius 3 is 2.35 bits per heavy atom. The molecule has 0 atom stereocenters. The van der Waals surface area contributed by atoms with E-state index in [9.17, 15) is 4.39 Å². The van der Waals surface area contributed by atoms with Crippen LogP contribution in [0.2, 0.25) is 0 Å². The third-order valence-corrected chi connectivity index (χ3v) is 3.53. The van der Waals surface area contributed by atoms with E-state index in [-0.39, 0.29) is 17.0 Å². The molecule has 112 valence electrons. The quantitative estimate of drug-likeness (QED) is 0.925. The van der Waals surface area contributed by atoms with Crippen molar-refractivity contribution in [2.45, 2.75) is 45.3 Å². The molecule has 0 aliphatic carbocycles. The van der Waals surface area contributed by atoms with Crippen LogP contribution >= 0.6 is 0 Å². The van der Waals surface area contributed by atoms with Crippen LogP contribution in [-0.2, 0) is 11.2 Å². The van der Waals surface area contributed by atoms with Crippen molar-refractivity contribution in [3.63, 3.8) is 0 Å². The predicted molar refractivity (Wildman–Crippen MR) is 80.6 cm³/mol. The number of morpholine rings is 1. The maximum Gasteiger partial charge on any atom is 0.128 e. The maximum absolute atomic E-state index is 14.1. The molecule has 1 aliphatic rings. The predicted octanol–water partition coefficient (Wildman–Crippen LogP) is 2.72. The summed E-state index contributed by atoms with van der Waals surface area (Å²) >= 11 is 0. The molecule has 0 unspecified atom stereocenters. The van der Waals surface area contributed by atoms with E-state index in [2.05, 4.69) is 32.6 Å². The summed E-state index contributed by atoms with van der Waals surface area (Å²) in [5.41, 5.74) is 6.77. The van der Waals surface area contributed by atoms with Crippen LogP contribution in [0.3, 0.4) is 0 Å². The van der Waals surface area contributed by atoms with Crippen molar-refractivity contribution in [1.29, 1.82) is 0 Å². The van der Waals surface area contributed by atoms with Crippen LogP contribution in [0, 0.1) is 5.82 Å². The van der Waals surface area contributed by atoms with E-state index < -0.39 is 0 Å². The van der Waals surface area contributed by atoms with E-state index in [1.54, 1.807) is 6.07 Å². The number of ether oxygens (including phenoxy) is 1. The second kappa shape index (κ2) is 5.34. The molecule has 0 bridgehead atoms. The lowest BCUT2D eigenvalue weighted by molar-refractivity contribution is -0.133. The average Bonchev–Trinajstić information content (AvgIpc) is 2.28. The molecule has 0 aromatic heterocycles. The summed E-state index contributed by atoms with van der Waals surface area (Å²) in [7, 11) is 0. The van der Waals surface area contributed by atoms with E-state index >= 15 is 0 Å². The number of hydrogen-bond donors (Lipinski definition) is 1. The summed E-state index contributed by atoms with van der Waals surface area (Å²) < 4.78 is 20.1. The van der Waals surface area contributed by atoms with Gasteiger partial charge in [-0.3, -0.25) is 0 Å². The van der Waals surface area contributed by atoms with Gasteiger partial charge in [-0.05, 0) is 52.8 Å². The molecule has 0 spiro atoms. The number of nitrogens with zero attached hydrogens (tertiary/aromatic N) is 1. The molecule has 0 radical (unpaired) electrons. The molecule has 3 nitrogen and oxygen atoms in total. The second-order valence-electron chi connectivity index (χ2n) is 6.75. The molecule has 2 rings (SSSR count). The topological polar surface area (TPSA) is 38.5 Å². The van der Waals surface area contributed by atoms with Gasteiger partial charge < -0.3 is 15.4 Å². The lowest BCUT2D eigenvalue weighted by atomic mass is 9.97. The Morgan fingerprint density at radius 2 is 1.80 bits per heavy atom. The van der Waals surface area contributed by atoms with Gasteiger partial charge in [-0.2, -0.15) is 0 Å². The summed E-state index contributed by atoms with van der Waals surface area (Å²) in [6, 6.07) is 5.25. The number of hydrogen-bond acceptors (Lipinski definition) is 3. The van der Waals surface area contributed by atoms with Gasteiger partial charge in [0.2, 0.25) is 0 Å². The lowest BCUT2D eigenvalue weighted by Crippen LogP contribution is -2.57. The average molecular weight is 280 g/mol. The zero-order valence-corrected chi connectivity index (χ0v) is 12.9. The first-order chi connectivity index (χ1) is 9.24. The molecule has 1 fully saturated rings. The SMILES string of the molecule is CC1(C)CN(c2cccc(F)c2CCN)CC(C)(C)O1. The van der Waals surface area contributed by atoms with Gasteiger partial charge in [-0.1, -0.05) is 6.07 Å². The molecule has 1 aromatic carbocycles. The molecule has 2 N–H and O–H groups in total. The molecular weight excluding hydrogens is 255 g/mol. The van der Waals surface area contributed by atoms with Gasteiger partial charge in [0.25, 0.3) is 0 Å². The van der Waals surface area contributed by atoms with Crippen molar-refractivity contribution in [2.75, 3.05) is 24.5 Å². The van der Waals surface area contributed by atoms with Crippen LogP contribution < -0.4 is 10.6 Å². The summed E-state index contributed by atoms with van der Waals surface area (Å²) in [4.78, 5) is 2.22. The van der Waals surface area contributed by atoms with Gasteiger partial charge >= 0.3 is 0 Å². The van der Waals surface area contributed by atoms with Gasteiger partial charge in [0.1, 0.15) is 5.82 Å². The Bertz CT molecular complexity index is 469. The Morgan fingerprint density at radius 1 is 1.20 bits per heavy atom. The summed E-state index contributed by atoms with van der Waals surface area (Å²) in [5, 5.41) is 0. The fraction of sp³-hybridized carbons (Fsp3) is 0.625. The maximum atomic E-state index is 14.1. The highest BCUT2D eigenvalue weighted by atomic mass is 19.1. The number of rotatable bonds is 3. The molecule has 1 aromatic rings. The van der Waals surface area contributed by atoms with Crippen LogP contribution in [-0.4, -0.2) is 30.8 Å². The molecule has 1 saturated heterocycles. The lowest BCUT2D eigenvalue weighted by Gasteiger charge is -2.48. The van der Waals surface area contributed by atoms with Crippen molar-refractivity contribution >= 4 is 5.69 Å². The Labute approximate surface area is 120 Å². The van der Waals surface area contributed by atoms with Gasteiger partial charge in [-0.15, -0.1) is 0 Å². The molecule has 0 amide bonds. The van der Waals surface area contributed by atoms with E-state index in [1.165, 1.54) is 6.07 Å². The van der Waals surface area contributed by atoms with Gasteiger partial charge in [-0.25, -0.2) is 4.39 Å². The number of benzene rings is 1. The molecule has 1 aliphatic heterocycles. The van der Waals surface area contributed by atoms with E-state index in [0.29, 0.717) is 18.5 Å². The van der Waals surface area contributed by atoms with Gasteiger partial charge in [0.05, 0.1) is 11.2 Å². The fourth-order valence-electron chi connectivity index (χ4n) is 3.19. The summed E-state index contributed by atoms with van der Waals surface area (Å²) in [6.07, 6.45) is 0.556. The second-order valence-corrected chi connectivity index (χ2v) is 6.75. The number of anilines is 1. The minimum Gasteiger partial charge on any atom is -0.366 e. The van der Waals surface area contributed by atoms with Crippen molar-refractivity contribution in [3.05, 3.63) is 29.6 Å². The molecule has 0 saturated carbocycles. The normalized spacial score (nSPS) is 21.0. The number of nitrogens with two attached hydrogens (primary N) is 1. The van der Waals surface area contributed by atoms with Crippen molar-refractivity contribution in [2.24, 2.45) is 5.73 Å². The molecule has 4 heteroatoms. The highest BCUT2D eigenvalue weighted by molar-refractivity contribution is 5.55. The van der Waals surface area contributed by atoms with Crippen molar-refractivity contribution < 1.29 is 9.13 Å². The zero-order valence-electron chi connectivity index (χ0n) is 12.9. The Hall–Kier alpha value is -1.13. The van der Waals surface area contributed by atoms with Gasteiger partial charge in [0, 0.05) is 24.3 Å². The Kier molecular flexibility index (Phi) is 4.07. The number of halogens is 1. The van der Waals surface area contributed by atoms with Crippen molar-refractivity contribution in [1.82, 2.24) is 0 Å². The smallest absolute Gasteiger partial charge is 0.128 e. The highest BCUT2D eigenvalue weighted by Crippen LogP contribution is 2.33. The monoisotopic (exact) mass is 280 g/mol. The van der Waals surface area contributed by atoms with Crippen molar-refractivity contribution in [3.8, 4) is 0 Å². The zero-order chi connectivity index (χ0) is 15.0. The van der Waals surface area contributed by atoms with Crippen LogP contribution in [0.1, 0.15) is 33.3 Å². The third kappa shape index (κ3) is 3.30. The van der Waals surface area contributed by atoms with Gasteiger partial charge in [0.15, 0.2) is 0 Å². The largest absolute Gasteiger partial charge is 0.366 e. The van der Waals surface area contributed by atoms with E-state index in [0.717, 1.165) is 18.8 Å². The first kappa shape index (κ1) is 15.3. The third-order valence-electron chi connectivity index (χ3n) is 3.53. The van der Waals surface area contributed by atoms with Crippen LogP contribution in [0.25, 0.3) is 0 Å². The standard InChI is InChI=1S/C16H25FN2O/c1-15(2)10-19(11-16(3,4)20-15)14-7-5-6-13(17)12(14)8-9-18/h5-7H,8-11,18H2,1-4H3.